The molecule has 1 atom stereocenters. The quantitative estimate of drug-likeness (QED) is 0.802. The Morgan fingerprint density at radius 1 is 1.28 bits per heavy atom. The molecular formula is C15H25ClN2. The molecular weight excluding hydrogens is 244 g/mol. The van der Waals surface area contributed by atoms with E-state index in [1.165, 1.54) is 11.3 Å². The normalized spacial score (nSPS) is 12.5. The van der Waals surface area contributed by atoms with E-state index in [4.69, 9.17) is 11.6 Å². The summed E-state index contributed by atoms with van der Waals surface area (Å²) in [6, 6.07) is 6.69. The van der Waals surface area contributed by atoms with Crippen molar-refractivity contribution in [3.05, 3.63) is 28.8 Å². The molecule has 0 heterocycles. The van der Waals surface area contributed by atoms with Gasteiger partial charge in [-0.25, -0.2) is 0 Å². The lowest BCUT2D eigenvalue weighted by Crippen LogP contribution is -2.33. The van der Waals surface area contributed by atoms with E-state index in [-0.39, 0.29) is 0 Å². The van der Waals surface area contributed by atoms with Gasteiger partial charge in [0.15, 0.2) is 0 Å². The molecule has 0 aromatic heterocycles. The van der Waals surface area contributed by atoms with Gasteiger partial charge in [-0.15, -0.1) is 0 Å². The summed E-state index contributed by atoms with van der Waals surface area (Å²) in [5.41, 5.74) is 2.48. The number of benzene rings is 1. The maximum Gasteiger partial charge on any atom is 0.0643 e. The van der Waals surface area contributed by atoms with Crippen LogP contribution in [0.4, 0.5) is 5.69 Å². The van der Waals surface area contributed by atoms with Crippen LogP contribution in [0.3, 0.4) is 0 Å². The molecule has 3 heteroatoms. The zero-order chi connectivity index (χ0) is 13.5. The van der Waals surface area contributed by atoms with Crippen LogP contribution in [0.15, 0.2) is 18.2 Å². The Labute approximate surface area is 116 Å². The molecule has 1 N–H and O–H groups in total. The fraction of sp³-hybridized carbons (Fsp3) is 0.600. The number of anilines is 1. The second-order valence-electron chi connectivity index (χ2n) is 4.57. The summed E-state index contributed by atoms with van der Waals surface area (Å²) in [4.78, 5) is 2.40. The molecule has 0 fully saturated rings. The van der Waals surface area contributed by atoms with Gasteiger partial charge in [0.1, 0.15) is 0 Å². The minimum atomic E-state index is 0.510. The van der Waals surface area contributed by atoms with Crippen LogP contribution < -0.4 is 10.2 Å². The highest BCUT2D eigenvalue weighted by Crippen LogP contribution is 2.31. The van der Waals surface area contributed by atoms with E-state index in [2.05, 4.69) is 44.0 Å². The first-order valence-electron chi connectivity index (χ1n) is 6.90. The fourth-order valence-corrected chi connectivity index (χ4v) is 2.50. The van der Waals surface area contributed by atoms with Crippen molar-refractivity contribution in [1.82, 2.24) is 5.32 Å². The Morgan fingerprint density at radius 3 is 2.56 bits per heavy atom. The smallest absolute Gasteiger partial charge is 0.0643 e. The van der Waals surface area contributed by atoms with E-state index >= 15 is 0 Å². The van der Waals surface area contributed by atoms with E-state index in [0.717, 1.165) is 31.1 Å². The van der Waals surface area contributed by atoms with Crippen LogP contribution in [0.5, 0.6) is 0 Å². The highest BCUT2D eigenvalue weighted by molar-refractivity contribution is 6.33. The number of nitrogens with one attached hydrogen (secondary N) is 1. The van der Waals surface area contributed by atoms with Gasteiger partial charge in [0, 0.05) is 19.1 Å². The highest BCUT2D eigenvalue weighted by Gasteiger charge is 2.17. The van der Waals surface area contributed by atoms with Crippen LogP contribution in [0.1, 0.15) is 39.7 Å². The first-order chi connectivity index (χ1) is 8.65. The van der Waals surface area contributed by atoms with Crippen molar-refractivity contribution in [2.75, 3.05) is 18.0 Å². The van der Waals surface area contributed by atoms with Crippen molar-refractivity contribution in [1.29, 1.82) is 0 Å². The van der Waals surface area contributed by atoms with Crippen LogP contribution >= 0.6 is 11.6 Å². The summed E-state index contributed by atoms with van der Waals surface area (Å²) in [5.74, 6) is 0. The Balaban J connectivity index is 3.09. The molecule has 1 aromatic rings. The lowest BCUT2D eigenvalue weighted by Gasteiger charge is -2.32. The van der Waals surface area contributed by atoms with E-state index in [1.54, 1.807) is 0 Å². The minimum Gasteiger partial charge on any atom is -0.368 e. The van der Waals surface area contributed by atoms with Gasteiger partial charge in [0.2, 0.25) is 0 Å². The van der Waals surface area contributed by atoms with Crippen molar-refractivity contribution < 1.29 is 0 Å². The van der Waals surface area contributed by atoms with E-state index in [0.29, 0.717) is 6.04 Å². The summed E-state index contributed by atoms with van der Waals surface area (Å²) in [5, 5.41) is 4.24. The van der Waals surface area contributed by atoms with Gasteiger partial charge in [-0.1, -0.05) is 37.6 Å². The van der Waals surface area contributed by atoms with Gasteiger partial charge in [-0.2, -0.15) is 0 Å². The van der Waals surface area contributed by atoms with Gasteiger partial charge in [-0.05, 0) is 38.4 Å². The molecule has 2 nitrogen and oxygen atoms in total. The molecule has 18 heavy (non-hydrogen) atoms. The number of halogens is 1. The van der Waals surface area contributed by atoms with Crippen LogP contribution in [0.2, 0.25) is 5.02 Å². The molecule has 0 aliphatic carbocycles. The first-order valence-corrected chi connectivity index (χ1v) is 7.28. The van der Waals surface area contributed by atoms with Gasteiger partial charge in [0.25, 0.3) is 0 Å². The third-order valence-corrected chi connectivity index (χ3v) is 3.69. The van der Waals surface area contributed by atoms with Crippen molar-refractivity contribution in [3.8, 4) is 0 Å². The number of hydrogen-bond acceptors (Lipinski definition) is 2. The van der Waals surface area contributed by atoms with E-state index in [9.17, 15) is 0 Å². The van der Waals surface area contributed by atoms with Gasteiger partial charge >= 0.3 is 0 Å². The molecule has 1 rings (SSSR count). The maximum absolute atomic E-state index is 6.41. The van der Waals surface area contributed by atoms with Crippen molar-refractivity contribution in [3.63, 3.8) is 0 Å². The fourth-order valence-electron chi connectivity index (χ4n) is 2.19. The Bertz CT molecular complexity index is 366. The second-order valence-corrected chi connectivity index (χ2v) is 4.98. The van der Waals surface area contributed by atoms with E-state index in [1.807, 2.05) is 12.1 Å². The number of hydrogen-bond donors (Lipinski definition) is 1. The zero-order valence-electron chi connectivity index (χ0n) is 12.0. The standard InChI is InChI=1S/C15H25ClN2/c1-5-12(4)18(7-3)15-13(11-17-6-2)9-8-10-14(15)16/h8-10,12,17H,5-7,11H2,1-4H3. The zero-order valence-corrected chi connectivity index (χ0v) is 12.7. The van der Waals surface area contributed by atoms with Crippen molar-refractivity contribution >= 4 is 17.3 Å². The predicted molar refractivity (Wildman–Crippen MR) is 81.6 cm³/mol. The number of nitrogens with zero attached hydrogens (tertiary/aromatic N) is 1. The summed E-state index contributed by atoms with van der Waals surface area (Å²) >= 11 is 6.41. The predicted octanol–water partition coefficient (Wildman–Crippen LogP) is 4.07. The molecule has 102 valence electrons. The van der Waals surface area contributed by atoms with Crippen LogP contribution in [0, 0.1) is 0 Å². The second kappa shape index (κ2) is 7.65. The summed E-state index contributed by atoms with van der Waals surface area (Å²) < 4.78 is 0. The maximum atomic E-state index is 6.41. The number of para-hydroxylation sites is 1. The average molecular weight is 269 g/mol. The summed E-state index contributed by atoms with van der Waals surface area (Å²) in [6.07, 6.45) is 1.12. The first kappa shape index (κ1) is 15.3. The summed E-state index contributed by atoms with van der Waals surface area (Å²) in [7, 11) is 0. The van der Waals surface area contributed by atoms with E-state index < -0.39 is 0 Å². The third-order valence-electron chi connectivity index (χ3n) is 3.39. The lowest BCUT2D eigenvalue weighted by atomic mass is 10.1. The Kier molecular flexibility index (Phi) is 6.51. The lowest BCUT2D eigenvalue weighted by molar-refractivity contribution is 0.623. The largest absolute Gasteiger partial charge is 0.368 e. The molecule has 0 saturated carbocycles. The average Bonchev–Trinajstić information content (AvgIpc) is 2.39. The SMILES string of the molecule is CCNCc1cccc(Cl)c1N(CC)C(C)CC. The Hall–Kier alpha value is -0.730. The third kappa shape index (κ3) is 3.63. The summed E-state index contributed by atoms with van der Waals surface area (Å²) in [6.45, 7) is 11.6. The molecule has 0 spiro atoms. The van der Waals surface area contributed by atoms with Crippen LogP contribution in [-0.4, -0.2) is 19.1 Å². The molecule has 0 aliphatic rings. The molecule has 0 saturated heterocycles. The minimum absolute atomic E-state index is 0.510. The highest BCUT2D eigenvalue weighted by atomic mass is 35.5. The van der Waals surface area contributed by atoms with Crippen LogP contribution in [-0.2, 0) is 6.54 Å². The van der Waals surface area contributed by atoms with Gasteiger partial charge in [-0.3, -0.25) is 0 Å². The monoisotopic (exact) mass is 268 g/mol. The van der Waals surface area contributed by atoms with Gasteiger partial charge in [0.05, 0.1) is 10.7 Å². The molecule has 0 bridgehead atoms. The topological polar surface area (TPSA) is 15.3 Å². The van der Waals surface area contributed by atoms with Gasteiger partial charge < -0.3 is 10.2 Å². The molecule has 0 amide bonds. The molecule has 1 aromatic carbocycles. The molecule has 1 unspecified atom stereocenters. The Morgan fingerprint density at radius 2 is 2.00 bits per heavy atom. The molecule has 0 radical (unpaired) electrons. The van der Waals surface area contributed by atoms with Crippen LogP contribution in [0.25, 0.3) is 0 Å². The van der Waals surface area contributed by atoms with Crippen molar-refractivity contribution in [2.45, 2.75) is 46.7 Å². The molecule has 0 aliphatic heterocycles. The number of rotatable bonds is 7. The van der Waals surface area contributed by atoms with Crippen molar-refractivity contribution in [2.24, 2.45) is 0 Å².